The Balaban J connectivity index is 1.65. The minimum atomic E-state index is -0.176. The van der Waals surface area contributed by atoms with Gasteiger partial charge in [-0.25, -0.2) is 0 Å². The molecule has 4 rings (SSSR count). The molecule has 0 spiro atoms. The number of anilines is 1. The normalized spacial score (nSPS) is 10.8. The summed E-state index contributed by atoms with van der Waals surface area (Å²) in [5.41, 5.74) is 4.24. The van der Waals surface area contributed by atoms with E-state index in [1.54, 1.807) is 30.3 Å². The third kappa shape index (κ3) is 3.32. The van der Waals surface area contributed by atoms with Crippen molar-refractivity contribution < 1.29 is 14.0 Å². The minimum Gasteiger partial charge on any atom is -0.452 e. The van der Waals surface area contributed by atoms with Gasteiger partial charge in [0.25, 0.3) is 5.91 Å². The van der Waals surface area contributed by atoms with Crippen LogP contribution in [0.15, 0.2) is 77.2 Å². The molecule has 4 aromatic rings. The maximum atomic E-state index is 12.8. The topological polar surface area (TPSA) is 59.3 Å². The summed E-state index contributed by atoms with van der Waals surface area (Å²) in [6.07, 6.45) is 0. The number of nitrogens with one attached hydrogen (secondary N) is 1. The predicted octanol–water partition coefficient (Wildman–Crippen LogP) is 5.53. The summed E-state index contributed by atoms with van der Waals surface area (Å²) >= 11 is 0. The molecule has 0 aliphatic carbocycles. The number of ketones is 1. The standard InChI is InChI=1S/C24H19NO3/c1-15-7-6-10-18(13-15)24(27)25-19-11-12-21-20(14-19)16(2)23(28-21)22(26)17-8-4-3-5-9-17/h3-14H,1-2H3,(H,25,27). The fraction of sp³-hybridized carbons (Fsp3) is 0.0833. The van der Waals surface area contributed by atoms with E-state index in [2.05, 4.69) is 5.32 Å². The summed E-state index contributed by atoms with van der Waals surface area (Å²) in [5.74, 6) is -0.00668. The number of hydrogen-bond acceptors (Lipinski definition) is 3. The van der Waals surface area contributed by atoms with Gasteiger partial charge in [0.05, 0.1) is 0 Å². The van der Waals surface area contributed by atoms with Gasteiger partial charge >= 0.3 is 0 Å². The predicted molar refractivity (Wildman–Crippen MR) is 110 cm³/mol. The summed E-state index contributed by atoms with van der Waals surface area (Å²) < 4.78 is 5.81. The van der Waals surface area contributed by atoms with E-state index in [4.69, 9.17) is 4.42 Å². The van der Waals surface area contributed by atoms with Crippen LogP contribution in [0.4, 0.5) is 5.69 Å². The molecule has 4 heteroatoms. The Morgan fingerprint density at radius 1 is 0.821 bits per heavy atom. The largest absolute Gasteiger partial charge is 0.452 e. The average molecular weight is 369 g/mol. The molecule has 4 nitrogen and oxygen atoms in total. The van der Waals surface area contributed by atoms with Crippen LogP contribution in [0.25, 0.3) is 11.0 Å². The van der Waals surface area contributed by atoms with Crippen LogP contribution in [0.2, 0.25) is 0 Å². The molecule has 0 saturated carbocycles. The van der Waals surface area contributed by atoms with Gasteiger partial charge in [0.15, 0.2) is 5.76 Å². The van der Waals surface area contributed by atoms with Crippen LogP contribution in [-0.4, -0.2) is 11.7 Å². The Hall–Kier alpha value is -3.66. The molecule has 0 radical (unpaired) electrons. The number of hydrogen-bond donors (Lipinski definition) is 1. The summed E-state index contributed by atoms with van der Waals surface area (Å²) in [7, 11) is 0. The van der Waals surface area contributed by atoms with Crippen molar-refractivity contribution in [2.24, 2.45) is 0 Å². The Kier molecular flexibility index (Phi) is 4.53. The molecule has 0 unspecified atom stereocenters. The molecule has 3 aromatic carbocycles. The second kappa shape index (κ2) is 7.16. The summed E-state index contributed by atoms with van der Waals surface area (Å²) in [6.45, 7) is 3.80. The number of furan rings is 1. The molecular weight excluding hydrogens is 350 g/mol. The van der Waals surface area contributed by atoms with Crippen LogP contribution >= 0.6 is 0 Å². The van der Waals surface area contributed by atoms with Crippen molar-refractivity contribution in [3.8, 4) is 0 Å². The highest BCUT2D eigenvalue weighted by Crippen LogP contribution is 2.29. The molecule has 0 atom stereocenters. The molecule has 138 valence electrons. The number of benzene rings is 3. The Labute approximate surface area is 162 Å². The zero-order valence-corrected chi connectivity index (χ0v) is 15.7. The van der Waals surface area contributed by atoms with E-state index >= 15 is 0 Å². The van der Waals surface area contributed by atoms with Crippen molar-refractivity contribution in [2.75, 3.05) is 5.32 Å². The van der Waals surface area contributed by atoms with Gasteiger partial charge in [-0.2, -0.15) is 0 Å². The van der Waals surface area contributed by atoms with Crippen LogP contribution < -0.4 is 5.32 Å². The van der Waals surface area contributed by atoms with Crippen LogP contribution in [-0.2, 0) is 0 Å². The zero-order valence-electron chi connectivity index (χ0n) is 15.7. The zero-order chi connectivity index (χ0) is 19.7. The third-order valence-electron chi connectivity index (χ3n) is 4.72. The summed E-state index contributed by atoms with van der Waals surface area (Å²) in [6, 6.07) is 21.9. The van der Waals surface area contributed by atoms with Crippen molar-refractivity contribution in [2.45, 2.75) is 13.8 Å². The lowest BCUT2D eigenvalue weighted by atomic mass is 10.0. The van der Waals surface area contributed by atoms with Gasteiger partial charge in [0.2, 0.25) is 5.78 Å². The maximum Gasteiger partial charge on any atom is 0.255 e. The number of fused-ring (bicyclic) bond motifs is 1. The summed E-state index contributed by atoms with van der Waals surface area (Å²) in [5, 5.41) is 3.72. The lowest BCUT2D eigenvalue weighted by Crippen LogP contribution is -2.11. The Bertz CT molecular complexity index is 1190. The molecule has 1 N–H and O–H groups in total. The third-order valence-corrected chi connectivity index (χ3v) is 4.72. The SMILES string of the molecule is Cc1cccc(C(=O)Nc2ccc3oc(C(=O)c4ccccc4)c(C)c3c2)c1. The van der Waals surface area contributed by atoms with Gasteiger partial charge < -0.3 is 9.73 Å². The van der Waals surface area contributed by atoms with E-state index < -0.39 is 0 Å². The quantitative estimate of drug-likeness (QED) is 0.481. The Morgan fingerprint density at radius 2 is 1.57 bits per heavy atom. The second-order valence-corrected chi connectivity index (χ2v) is 6.79. The van der Waals surface area contributed by atoms with Crippen molar-refractivity contribution in [1.82, 2.24) is 0 Å². The van der Waals surface area contributed by atoms with Crippen LogP contribution in [0.5, 0.6) is 0 Å². The first-order chi connectivity index (χ1) is 13.5. The van der Waals surface area contributed by atoms with Gasteiger partial charge in [-0.05, 0) is 44.2 Å². The molecule has 1 aromatic heterocycles. The fourth-order valence-electron chi connectivity index (χ4n) is 3.23. The Morgan fingerprint density at radius 3 is 2.32 bits per heavy atom. The van der Waals surface area contributed by atoms with Crippen LogP contribution in [0.3, 0.4) is 0 Å². The number of carbonyl (C=O) groups is 2. The monoisotopic (exact) mass is 369 g/mol. The van der Waals surface area contributed by atoms with Gasteiger partial charge in [-0.3, -0.25) is 9.59 Å². The number of aryl methyl sites for hydroxylation is 2. The molecule has 0 fully saturated rings. The smallest absolute Gasteiger partial charge is 0.255 e. The molecule has 1 heterocycles. The van der Waals surface area contributed by atoms with Crippen molar-refractivity contribution in [1.29, 1.82) is 0 Å². The van der Waals surface area contributed by atoms with Gasteiger partial charge in [0, 0.05) is 27.8 Å². The van der Waals surface area contributed by atoms with Gasteiger partial charge in [0.1, 0.15) is 5.58 Å². The van der Waals surface area contributed by atoms with Crippen molar-refractivity contribution in [3.63, 3.8) is 0 Å². The second-order valence-electron chi connectivity index (χ2n) is 6.79. The average Bonchev–Trinajstić information content (AvgIpc) is 3.04. The van der Waals surface area contributed by atoms with Crippen molar-refractivity contribution >= 4 is 28.3 Å². The highest BCUT2D eigenvalue weighted by atomic mass is 16.3. The van der Waals surface area contributed by atoms with E-state index in [0.717, 1.165) is 16.5 Å². The highest BCUT2D eigenvalue weighted by molar-refractivity contribution is 6.11. The first-order valence-corrected chi connectivity index (χ1v) is 9.04. The van der Waals surface area contributed by atoms with E-state index in [0.29, 0.717) is 28.2 Å². The van der Waals surface area contributed by atoms with Gasteiger partial charge in [-0.15, -0.1) is 0 Å². The molecule has 0 saturated heterocycles. The van der Waals surface area contributed by atoms with Crippen molar-refractivity contribution in [3.05, 3.63) is 101 Å². The van der Waals surface area contributed by atoms with E-state index in [1.807, 2.05) is 56.3 Å². The molecule has 0 aliphatic rings. The molecule has 28 heavy (non-hydrogen) atoms. The molecular formula is C24H19NO3. The number of carbonyl (C=O) groups excluding carboxylic acids is 2. The van der Waals surface area contributed by atoms with E-state index in [1.165, 1.54) is 0 Å². The fourth-order valence-corrected chi connectivity index (χ4v) is 3.23. The summed E-state index contributed by atoms with van der Waals surface area (Å²) in [4.78, 5) is 25.2. The molecule has 1 amide bonds. The molecule has 0 bridgehead atoms. The minimum absolute atomic E-state index is 0.153. The van der Waals surface area contributed by atoms with Crippen LogP contribution in [0, 0.1) is 13.8 Å². The van der Waals surface area contributed by atoms with Crippen LogP contribution in [0.1, 0.15) is 37.6 Å². The molecule has 0 aliphatic heterocycles. The highest BCUT2D eigenvalue weighted by Gasteiger charge is 2.19. The first kappa shape index (κ1) is 17.7. The first-order valence-electron chi connectivity index (χ1n) is 9.04. The van der Waals surface area contributed by atoms with E-state index in [-0.39, 0.29) is 11.7 Å². The lowest BCUT2D eigenvalue weighted by molar-refractivity contribution is 0.101. The maximum absolute atomic E-state index is 12.8. The number of amides is 1. The lowest BCUT2D eigenvalue weighted by Gasteiger charge is -2.06. The van der Waals surface area contributed by atoms with Gasteiger partial charge in [-0.1, -0.05) is 48.0 Å². The van der Waals surface area contributed by atoms with E-state index in [9.17, 15) is 9.59 Å². The number of rotatable bonds is 4.